The van der Waals surface area contributed by atoms with Crippen molar-refractivity contribution in [3.8, 4) is 0 Å². The third kappa shape index (κ3) is 5.21. The molecule has 0 radical (unpaired) electrons. The summed E-state index contributed by atoms with van der Waals surface area (Å²) in [6.07, 6.45) is 2.40. The number of rotatable bonds is 8. The minimum atomic E-state index is -0.885. The largest absolute Gasteiger partial charge is 0.481 e. The first kappa shape index (κ1) is 28.4. The molecule has 8 bridgehead atoms. The van der Waals surface area contributed by atoms with Gasteiger partial charge in [0, 0.05) is 46.0 Å². The molecule has 9 nitrogen and oxygen atoms in total. The SMILES string of the molecule is C=Cc1c(C)c2cc3nc(cc4nc(cc5[nH]c(cc1[nH]2)c(C)c5[C@@H]1CO1)C(C)=C4CCC(=O)O)C(CCC(=O)O)=C3C. The van der Waals surface area contributed by atoms with Crippen molar-refractivity contribution in [3.05, 3.63) is 75.9 Å². The number of aryl methyl sites for hydroxylation is 2. The molecule has 0 aromatic carbocycles. The zero-order chi connectivity index (χ0) is 30.6. The van der Waals surface area contributed by atoms with E-state index < -0.39 is 11.9 Å². The summed E-state index contributed by atoms with van der Waals surface area (Å²) in [6, 6.07) is 7.97. The summed E-state index contributed by atoms with van der Waals surface area (Å²) >= 11 is 0. The number of carbonyl (C=O) groups is 2. The van der Waals surface area contributed by atoms with E-state index >= 15 is 0 Å². The number of fused-ring (bicyclic) bond motifs is 8. The molecule has 3 aliphatic heterocycles. The van der Waals surface area contributed by atoms with Gasteiger partial charge in [-0.05, 0) is 98.2 Å². The van der Waals surface area contributed by atoms with Gasteiger partial charge in [-0.1, -0.05) is 12.7 Å². The number of nitrogens with one attached hydrogen (secondary N) is 2. The van der Waals surface area contributed by atoms with Crippen molar-refractivity contribution in [3.63, 3.8) is 0 Å². The highest BCUT2D eigenvalue weighted by atomic mass is 16.6. The van der Waals surface area contributed by atoms with Crippen molar-refractivity contribution >= 4 is 62.4 Å². The van der Waals surface area contributed by atoms with Crippen molar-refractivity contribution in [2.45, 2.75) is 59.5 Å². The lowest BCUT2D eigenvalue weighted by molar-refractivity contribution is -0.137. The highest BCUT2D eigenvalue weighted by Gasteiger charge is 2.30. The molecule has 43 heavy (non-hydrogen) atoms. The maximum atomic E-state index is 11.6. The number of aromatic nitrogens is 4. The minimum absolute atomic E-state index is 0.000872. The number of H-pyrrole nitrogens is 2. The monoisotopic (exact) mass is 578 g/mol. The molecule has 3 aromatic rings. The van der Waals surface area contributed by atoms with Gasteiger partial charge in [0.15, 0.2) is 0 Å². The van der Waals surface area contributed by atoms with Crippen LogP contribution in [0.2, 0.25) is 0 Å². The molecule has 1 atom stereocenters. The van der Waals surface area contributed by atoms with Crippen LogP contribution in [0.4, 0.5) is 0 Å². The molecule has 3 aromatic heterocycles. The molecule has 6 rings (SSSR count). The Kier molecular flexibility index (Phi) is 7.14. The van der Waals surface area contributed by atoms with Crippen LogP contribution in [-0.2, 0) is 14.3 Å². The number of carboxylic acid groups (broad SMARTS) is 2. The standard InChI is InChI=1S/C34H34N4O5/c1-6-20-16(2)23-11-24-17(3)21(7-9-32(39)40)28(36-24)14-29-22(8-10-33(41)42)18(4)25(37-29)13-30-34(31-15-43-31)19(5)26(38-30)12-27(20)35-23/h6,11-14,31,35,38H,1,7-10,15H2,2-5H3,(H,39,40)(H,41,42)/t31-/m0/s1. The van der Waals surface area contributed by atoms with E-state index in [9.17, 15) is 19.8 Å². The van der Waals surface area contributed by atoms with Crippen LogP contribution in [0.5, 0.6) is 0 Å². The van der Waals surface area contributed by atoms with Crippen molar-refractivity contribution in [2.75, 3.05) is 6.61 Å². The van der Waals surface area contributed by atoms with Gasteiger partial charge in [-0.3, -0.25) is 9.59 Å². The van der Waals surface area contributed by atoms with Gasteiger partial charge < -0.3 is 24.9 Å². The molecule has 0 unspecified atom stereocenters. The normalized spacial score (nSPS) is 16.1. The molecule has 0 amide bonds. The van der Waals surface area contributed by atoms with E-state index in [1.165, 1.54) is 0 Å². The maximum absolute atomic E-state index is 11.6. The van der Waals surface area contributed by atoms with Gasteiger partial charge in [0.1, 0.15) is 6.10 Å². The second-order valence-electron chi connectivity index (χ2n) is 11.3. The van der Waals surface area contributed by atoms with Crippen molar-refractivity contribution in [2.24, 2.45) is 0 Å². The van der Waals surface area contributed by atoms with Crippen LogP contribution >= 0.6 is 0 Å². The molecule has 1 fully saturated rings. The van der Waals surface area contributed by atoms with E-state index in [4.69, 9.17) is 14.7 Å². The van der Waals surface area contributed by atoms with Crippen molar-refractivity contribution in [1.82, 2.24) is 19.9 Å². The molecule has 4 N–H and O–H groups in total. The van der Waals surface area contributed by atoms with Crippen LogP contribution in [-0.4, -0.2) is 48.7 Å². The number of hydrogen-bond donors (Lipinski definition) is 4. The smallest absolute Gasteiger partial charge is 0.303 e. The molecule has 1 saturated heterocycles. The Bertz CT molecular complexity index is 1950. The average molecular weight is 579 g/mol. The summed E-state index contributed by atoms with van der Waals surface area (Å²) < 4.78 is 5.73. The van der Waals surface area contributed by atoms with Crippen molar-refractivity contribution in [1.29, 1.82) is 0 Å². The number of nitrogens with zero attached hydrogens (tertiary/aromatic N) is 2. The summed E-state index contributed by atoms with van der Waals surface area (Å²) in [5.74, 6) is -1.77. The molecule has 220 valence electrons. The highest BCUT2D eigenvalue weighted by Crippen LogP contribution is 2.40. The molecule has 6 heterocycles. The van der Waals surface area contributed by atoms with Crippen LogP contribution in [0.3, 0.4) is 0 Å². The van der Waals surface area contributed by atoms with Gasteiger partial charge in [-0.15, -0.1) is 0 Å². The molecule has 3 aliphatic rings. The fraction of sp³-hybridized carbons (Fsp3) is 0.294. The van der Waals surface area contributed by atoms with Crippen LogP contribution < -0.4 is 0 Å². The van der Waals surface area contributed by atoms with Crippen LogP contribution in [0, 0.1) is 13.8 Å². The fourth-order valence-electron chi connectivity index (χ4n) is 6.13. The quantitative estimate of drug-likeness (QED) is 0.206. The molecular formula is C34H34N4O5. The number of aliphatic carboxylic acids is 2. The Labute approximate surface area is 248 Å². The summed E-state index contributed by atoms with van der Waals surface area (Å²) in [6.45, 7) is 12.8. The number of epoxide rings is 1. The van der Waals surface area contributed by atoms with Gasteiger partial charge >= 0.3 is 11.9 Å². The summed E-state index contributed by atoms with van der Waals surface area (Å²) in [5.41, 5.74) is 14.1. The third-order valence-corrected chi connectivity index (χ3v) is 8.67. The van der Waals surface area contributed by atoms with E-state index in [0.29, 0.717) is 30.8 Å². The van der Waals surface area contributed by atoms with Gasteiger partial charge in [0.2, 0.25) is 0 Å². The Morgan fingerprint density at radius 2 is 1.33 bits per heavy atom. The summed E-state index contributed by atoms with van der Waals surface area (Å²) in [4.78, 5) is 40.2. The number of hydrogen-bond acceptors (Lipinski definition) is 5. The highest BCUT2D eigenvalue weighted by molar-refractivity contribution is 5.96. The zero-order valence-electron chi connectivity index (χ0n) is 24.7. The van der Waals surface area contributed by atoms with E-state index in [1.807, 2.05) is 45.0 Å². The van der Waals surface area contributed by atoms with Crippen LogP contribution in [0.25, 0.3) is 50.4 Å². The first-order valence-corrected chi connectivity index (χ1v) is 14.4. The lowest BCUT2D eigenvalue weighted by Gasteiger charge is -2.05. The van der Waals surface area contributed by atoms with E-state index in [-0.39, 0.29) is 18.9 Å². The van der Waals surface area contributed by atoms with E-state index in [2.05, 4.69) is 29.5 Å². The van der Waals surface area contributed by atoms with Gasteiger partial charge in [-0.2, -0.15) is 0 Å². The number of allylic oxidation sites excluding steroid dienone is 4. The molecule has 0 aliphatic carbocycles. The summed E-state index contributed by atoms with van der Waals surface area (Å²) in [7, 11) is 0. The van der Waals surface area contributed by atoms with Gasteiger partial charge in [0.25, 0.3) is 0 Å². The second kappa shape index (κ2) is 10.8. The number of ether oxygens (including phenoxy) is 1. The van der Waals surface area contributed by atoms with Crippen LogP contribution in [0.15, 0.2) is 30.8 Å². The van der Waals surface area contributed by atoms with Gasteiger partial charge in [0.05, 0.1) is 29.4 Å². The Hall–Kier alpha value is -4.76. The molecule has 0 spiro atoms. The lowest BCUT2D eigenvalue weighted by Crippen LogP contribution is -1.97. The van der Waals surface area contributed by atoms with Gasteiger partial charge in [-0.25, -0.2) is 9.97 Å². The number of aromatic amines is 2. The van der Waals surface area contributed by atoms with Crippen molar-refractivity contribution < 1.29 is 24.5 Å². The Balaban J connectivity index is 1.73. The molecular weight excluding hydrogens is 544 g/mol. The predicted molar refractivity (Wildman–Crippen MR) is 168 cm³/mol. The van der Waals surface area contributed by atoms with E-state index in [1.54, 1.807) is 0 Å². The minimum Gasteiger partial charge on any atom is -0.481 e. The number of carboxylic acids is 2. The van der Waals surface area contributed by atoms with Crippen LogP contribution in [0.1, 0.15) is 90.7 Å². The van der Waals surface area contributed by atoms with E-state index in [0.717, 1.165) is 78.0 Å². The first-order chi connectivity index (χ1) is 20.5. The maximum Gasteiger partial charge on any atom is 0.303 e. The molecule has 9 heteroatoms. The topological polar surface area (TPSA) is 144 Å². The third-order valence-electron chi connectivity index (χ3n) is 8.67. The zero-order valence-corrected chi connectivity index (χ0v) is 24.7. The second-order valence-corrected chi connectivity index (χ2v) is 11.3. The average Bonchev–Trinajstić information content (AvgIpc) is 3.50. The predicted octanol–water partition coefficient (Wildman–Crippen LogP) is 7.24. The molecule has 0 saturated carbocycles. The summed E-state index contributed by atoms with van der Waals surface area (Å²) in [5, 5.41) is 18.9. The Morgan fingerprint density at radius 1 is 0.814 bits per heavy atom. The lowest BCUT2D eigenvalue weighted by atomic mass is 9.98. The Morgan fingerprint density at radius 3 is 1.84 bits per heavy atom. The first-order valence-electron chi connectivity index (χ1n) is 14.4. The fourth-order valence-corrected chi connectivity index (χ4v) is 6.13.